The Kier molecular flexibility index (Phi) is 4.93. The maximum absolute atomic E-state index is 12.5. The molecule has 0 aromatic carbocycles. The molecule has 2 N–H and O–H groups in total. The predicted molar refractivity (Wildman–Crippen MR) is 95.8 cm³/mol. The number of nitrogens with one attached hydrogen (secondary N) is 2. The van der Waals surface area contributed by atoms with Crippen LogP contribution < -0.4 is 10.9 Å². The van der Waals surface area contributed by atoms with E-state index in [1.165, 1.54) is 23.3 Å². The zero-order chi connectivity index (χ0) is 16.4. The lowest BCUT2D eigenvalue weighted by Crippen LogP contribution is -2.40. The van der Waals surface area contributed by atoms with Crippen molar-refractivity contribution >= 4 is 21.6 Å². The fraction of sp³-hybridized carbons (Fsp3) is 0.647. The molecular weight excluding hydrogens is 324 g/mol. The summed E-state index contributed by atoms with van der Waals surface area (Å²) in [4.78, 5) is 24.8. The van der Waals surface area contributed by atoms with Crippen LogP contribution in [0.25, 0.3) is 10.2 Å². The molecule has 0 spiro atoms. The van der Waals surface area contributed by atoms with Gasteiger partial charge in [-0.3, -0.25) is 9.69 Å². The SMILES string of the molecule is O=c1[nH]c(CNCCN2CCOCC2)nc2sc3c(c12)CCCC3. The molecule has 0 atom stereocenters. The third-order valence-corrected chi connectivity index (χ3v) is 6.06. The molecule has 0 radical (unpaired) electrons. The average molecular weight is 348 g/mol. The molecule has 6 nitrogen and oxygen atoms in total. The molecule has 0 bridgehead atoms. The van der Waals surface area contributed by atoms with Crippen molar-refractivity contribution in [3.8, 4) is 0 Å². The molecule has 2 aliphatic rings. The molecular formula is C17H24N4O2S. The van der Waals surface area contributed by atoms with Gasteiger partial charge < -0.3 is 15.0 Å². The molecule has 1 aliphatic carbocycles. The van der Waals surface area contributed by atoms with Crippen molar-refractivity contribution in [1.82, 2.24) is 20.2 Å². The molecule has 1 fully saturated rings. The lowest BCUT2D eigenvalue weighted by Gasteiger charge is -2.26. The van der Waals surface area contributed by atoms with Gasteiger partial charge in [0.25, 0.3) is 5.56 Å². The van der Waals surface area contributed by atoms with Gasteiger partial charge in [0, 0.05) is 31.1 Å². The summed E-state index contributed by atoms with van der Waals surface area (Å²) in [6.45, 7) is 6.17. The van der Waals surface area contributed by atoms with Crippen molar-refractivity contribution in [3.05, 3.63) is 26.6 Å². The number of ether oxygens (including phenoxy) is 1. The van der Waals surface area contributed by atoms with E-state index in [2.05, 4.69) is 15.2 Å². The van der Waals surface area contributed by atoms with Crippen LogP contribution in [0.2, 0.25) is 0 Å². The van der Waals surface area contributed by atoms with E-state index in [4.69, 9.17) is 9.72 Å². The van der Waals surface area contributed by atoms with Crippen LogP contribution in [0.4, 0.5) is 0 Å². The van der Waals surface area contributed by atoms with Crippen molar-refractivity contribution in [1.29, 1.82) is 0 Å². The van der Waals surface area contributed by atoms with Crippen LogP contribution in [0, 0.1) is 0 Å². The monoisotopic (exact) mass is 348 g/mol. The van der Waals surface area contributed by atoms with E-state index in [-0.39, 0.29) is 5.56 Å². The second-order valence-corrected chi connectivity index (χ2v) is 7.62. The highest BCUT2D eigenvalue weighted by Gasteiger charge is 2.19. The summed E-state index contributed by atoms with van der Waals surface area (Å²) in [5, 5.41) is 4.23. The van der Waals surface area contributed by atoms with Gasteiger partial charge in [-0.25, -0.2) is 4.98 Å². The van der Waals surface area contributed by atoms with E-state index in [9.17, 15) is 4.79 Å². The van der Waals surface area contributed by atoms with Gasteiger partial charge in [0.1, 0.15) is 10.7 Å². The van der Waals surface area contributed by atoms with Gasteiger partial charge in [0.05, 0.1) is 25.1 Å². The van der Waals surface area contributed by atoms with Crippen LogP contribution in [-0.4, -0.2) is 54.3 Å². The first-order valence-electron chi connectivity index (χ1n) is 8.85. The topological polar surface area (TPSA) is 70.2 Å². The van der Waals surface area contributed by atoms with E-state index in [1.54, 1.807) is 11.3 Å². The third-order valence-electron chi connectivity index (χ3n) is 4.88. The van der Waals surface area contributed by atoms with E-state index in [0.717, 1.165) is 68.3 Å². The quantitative estimate of drug-likeness (QED) is 0.797. The fourth-order valence-corrected chi connectivity index (χ4v) is 4.84. The summed E-state index contributed by atoms with van der Waals surface area (Å²) in [5.74, 6) is 0.744. The minimum absolute atomic E-state index is 0.0318. The minimum atomic E-state index is 0.0318. The van der Waals surface area contributed by atoms with E-state index in [0.29, 0.717) is 6.54 Å². The number of aromatic amines is 1. The van der Waals surface area contributed by atoms with Crippen LogP contribution in [0.15, 0.2) is 4.79 Å². The number of H-pyrrole nitrogens is 1. The van der Waals surface area contributed by atoms with Crippen LogP contribution in [0.5, 0.6) is 0 Å². The molecule has 2 aromatic rings. The number of aryl methyl sites for hydroxylation is 2. The third kappa shape index (κ3) is 3.39. The maximum Gasteiger partial charge on any atom is 0.259 e. The number of aromatic nitrogens is 2. The van der Waals surface area contributed by atoms with Gasteiger partial charge in [0.15, 0.2) is 0 Å². The molecule has 1 aliphatic heterocycles. The van der Waals surface area contributed by atoms with Gasteiger partial charge in [-0.2, -0.15) is 0 Å². The van der Waals surface area contributed by atoms with Gasteiger partial charge in [0.2, 0.25) is 0 Å². The number of hydrogen-bond donors (Lipinski definition) is 2. The molecule has 7 heteroatoms. The van der Waals surface area contributed by atoms with Crippen LogP contribution in [0.3, 0.4) is 0 Å². The summed E-state index contributed by atoms with van der Waals surface area (Å²) >= 11 is 1.71. The second kappa shape index (κ2) is 7.31. The smallest absolute Gasteiger partial charge is 0.259 e. The van der Waals surface area contributed by atoms with Gasteiger partial charge in [-0.15, -0.1) is 11.3 Å². The first kappa shape index (κ1) is 16.2. The molecule has 4 rings (SSSR count). The van der Waals surface area contributed by atoms with Gasteiger partial charge >= 0.3 is 0 Å². The predicted octanol–water partition coefficient (Wildman–Crippen LogP) is 1.29. The Hall–Kier alpha value is -1.28. The van der Waals surface area contributed by atoms with E-state index >= 15 is 0 Å². The largest absolute Gasteiger partial charge is 0.379 e. The molecule has 0 amide bonds. The van der Waals surface area contributed by atoms with Gasteiger partial charge in [-0.1, -0.05) is 0 Å². The Morgan fingerprint density at radius 1 is 1.25 bits per heavy atom. The molecule has 0 saturated carbocycles. The molecule has 1 saturated heterocycles. The zero-order valence-electron chi connectivity index (χ0n) is 13.9. The van der Waals surface area contributed by atoms with Crippen LogP contribution in [-0.2, 0) is 24.1 Å². The second-order valence-electron chi connectivity index (χ2n) is 6.53. The highest BCUT2D eigenvalue weighted by Crippen LogP contribution is 2.33. The fourth-order valence-electron chi connectivity index (χ4n) is 3.56. The van der Waals surface area contributed by atoms with Crippen molar-refractivity contribution in [2.24, 2.45) is 0 Å². The lowest BCUT2D eigenvalue weighted by molar-refractivity contribution is 0.0384. The Morgan fingerprint density at radius 2 is 2.08 bits per heavy atom. The molecule has 2 aromatic heterocycles. The Balaban J connectivity index is 1.40. The first-order valence-corrected chi connectivity index (χ1v) is 9.67. The Morgan fingerprint density at radius 3 is 2.96 bits per heavy atom. The van der Waals surface area contributed by atoms with Crippen molar-refractivity contribution in [2.45, 2.75) is 32.2 Å². The normalized spacial score (nSPS) is 18.8. The zero-order valence-corrected chi connectivity index (χ0v) is 14.7. The lowest BCUT2D eigenvalue weighted by atomic mass is 9.97. The van der Waals surface area contributed by atoms with E-state index < -0.39 is 0 Å². The van der Waals surface area contributed by atoms with Crippen LogP contribution in [0.1, 0.15) is 29.1 Å². The Bertz CT molecular complexity index is 764. The number of morpholine rings is 1. The Labute approximate surface area is 145 Å². The summed E-state index contributed by atoms with van der Waals surface area (Å²) in [6.07, 6.45) is 4.54. The average Bonchev–Trinajstić information content (AvgIpc) is 2.98. The first-order chi connectivity index (χ1) is 11.8. The number of nitrogens with zero attached hydrogens (tertiary/aromatic N) is 2. The highest BCUT2D eigenvalue weighted by molar-refractivity contribution is 7.18. The molecule has 130 valence electrons. The number of hydrogen-bond acceptors (Lipinski definition) is 6. The van der Waals surface area contributed by atoms with E-state index in [1.807, 2.05) is 0 Å². The minimum Gasteiger partial charge on any atom is -0.379 e. The van der Waals surface area contributed by atoms with Crippen molar-refractivity contribution in [3.63, 3.8) is 0 Å². The van der Waals surface area contributed by atoms with Gasteiger partial charge in [-0.05, 0) is 31.2 Å². The van der Waals surface area contributed by atoms with Crippen molar-refractivity contribution in [2.75, 3.05) is 39.4 Å². The summed E-state index contributed by atoms with van der Waals surface area (Å²) < 4.78 is 5.35. The number of rotatable bonds is 5. The number of thiophene rings is 1. The molecule has 3 heterocycles. The summed E-state index contributed by atoms with van der Waals surface area (Å²) in [5.41, 5.74) is 1.28. The summed E-state index contributed by atoms with van der Waals surface area (Å²) in [6, 6.07) is 0. The van der Waals surface area contributed by atoms with Crippen molar-refractivity contribution < 1.29 is 4.74 Å². The summed E-state index contributed by atoms with van der Waals surface area (Å²) in [7, 11) is 0. The molecule has 24 heavy (non-hydrogen) atoms. The highest BCUT2D eigenvalue weighted by atomic mass is 32.1. The number of fused-ring (bicyclic) bond motifs is 3. The molecule has 0 unspecified atom stereocenters. The maximum atomic E-state index is 12.5. The standard InChI is InChI=1S/C17H24N4O2S/c22-16-15-12-3-1-2-4-13(12)24-17(15)20-14(19-16)11-18-5-6-21-7-9-23-10-8-21/h18H,1-11H2,(H,19,20,22). The van der Waals surface area contributed by atoms with Crippen LogP contribution >= 0.6 is 11.3 Å².